The number of nitrogens with zero attached hydrogens (tertiary/aromatic N) is 4. The molecular weight excluding hydrogens is 665 g/mol. The first-order chi connectivity index (χ1) is 26.7. The van der Waals surface area contributed by atoms with E-state index in [1.54, 1.807) is 6.20 Å². The molecule has 6 aromatic carbocycles. The Labute approximate surface area is 311 Å². The van der Waals surface area contributed by atoms with Gasteiger partial charge in [-0.05, 0) is 101 Å². The van der Waals surface area contributed by atoms with E-state index in [0.717, 1.165) is 89.4 Å². The molecule has 10 rings (SSSR count). The predicted molar refractivity (Wildman–Crippen MR) is 215 cm³/mol. The second-order valence-electron chi connectivity index (χ2n) is 13.1. The molecule has 0 saturated carbocycles. The summed E-state index contributed by atoms with van der Waals surface area (Å²) in [5, 5.41) is 0. The van der Waals surface area contributed by atoms with Gasteiger partial charge in [-0.1, -0.05) is 103 Å². The van der Waals surface area contributed by atoms with Crippen molar-refractivity contribution in [2.24, 2.45) is 0 Å². The summed E-state index contributed by atoms with van der Waals surface area (Å²) in [7, 11) is 0. The molecular formula is C48H30N4O2. The smallest absolute Gasteiger partial charge is 0.227 e. The zero-order valence-electron chi connectivity index (χ0n) is 28.9. The van der Waals surface area contributed by atoms with Gasteiger partial charge in [0.05, 0.1) is 17.1 Å². The van der Waals surface area contributed by atoms with E-state index in [1.807, 2.05) is 97.1 Å². The number of para-hydroxylation sites is 4. The highest BCUT2D eigenvalue weighted by atomic mass is 16.4. The molecule has 4 aromatic heterocycles. The molecule has 0 unspecified atom stereocenters. The van der Waals surface area contributed by atoms with Gasteiger partial charge in [0.15, 0.2) is 11.2 Å². The van der Waals surface area contributed by atoms with Crippen molar-refractivity contribution in [3.63, 3.8) is 0 Å². The molecule has 0 spiro atoms. The van der Waals surface area contributed by atoms with Crippen LogP contribution in [0.1, 0.15) is 0 Å². The van der Waals surface area contributed by atoms with E-state index in [4.69, 9.17) is 23.8 Å². The molecule has 4 heterocycles. The first kappa shape index (κ1) is 31.3. The summed E-state index contributed by atoms with van der Waals surface area (Å²) in [6.07, 6.45) is 1.80. The van der Waals surface area contributed by atoms with Crippen molar-refractivity contribution >= 4 is 22.2 Å². The third-order valence-corrected chi connectivity index (χ3v) is 9.65. The van der Waals surface area contributed by atoms with Crippen LogP contribution in [0.4, 0.5) is 0 Å². The Morgan fingerprint density at radius 3 is 1.41 bits per heavy atom. The van der Waals surface area contributed by atoms with Crippen LogP contribution in [0.15, 0.2) is 191 Å². The van der Waals surface area contributed by atoms with Gasteiger partial charge in [0.25, 0.3) is 0 Å². The van der Waals surface area contributed by atoms with Crippen molar-refractivity contribution < 1.29 is 8.83 Å². The topological polar surface area (TPSA) is 77.8 Å². The molecule has 0 bridgehead atoms. The van der Waals surface area contributed by atoms with Gasteiger partial charge in [-0.25, -0.2) is 15.0 Å². The van der Waals surface area contributed by atoms with Crippen molar-refractivity contribution in [1.29, 1.82) is 0 Å². The van der Waals surface area contributed by atoms with Gasteiger partial charge in [-0.3, -0.25) is 4.98 Å². The number of hydrogen-bond donors (Lipinski definition) is 0. The highest BCUT2D eigenvalue weighted by molar-refractivity contribution is 5.85. The highest BCUT2D eigenvalue weighted by Crippen LogP contribution is 2.36. The van der Waals surface area contributed by atoms with Crippen LogP contribution in [0.25, 0.3) is 101 Å². The van der Waals surface area contributed by atoms with Crippen molar-refractivity contribution in [3.8, 4) is 78.9 Å². The molecule has 54 heavy (non-hydrogen) atoms. The lowest BCUT2D eigenvalue weighted by Crippen LogP contribution is -1.94. The Hall–Kier alpha value is -7.44. The molecule has 6 nitrogen and oxygen atoms in total. The standard InChI is InChI=1S/C48H30N4O2/c1-3-16-44-42(14-1)51-47(53-44)37-11-7-9-35(29-37)31-18-22-33(23-19-31)39-26-27-41(40-13-5-6-28-49-40)50-46(39)34-24-20-32(21-25-34)36-10-8-12-38(30-36)48-52-43-15-2-4-17-45(43)54-48/h1-30H. The summed E-state index contributed by atoms with van der Waals surface area (Å²) in [4.78, 5) is 19.2. The number of hydrogen-bond acceptors (Lipinski definition) is 6. The Balaban J connectivity index is 0.984. The first-order valence-corrected chi connectivity index (χ1v) is 17.8. The molecule has 0 amide bonds. The van der Waals surface area contributed by atoms with Gasteiger partial charge in [0, 0.05) is 28.5 Å². The summed E-state index contributed by atoms with van der Waals surface area (Å²) in [5.41, 5.74) is 15.1. The minimum absolute atomic E-state index is 0.608. The third kappa shape index (κ3) is 5.91. The summed E-state index contributed by atoms with van der Waals surface area (Å²) in [6.45, 7) is 0. The van der Waals surface area contributed by atoms with Gasteiger partial charge < -0.3 is 8.83 Å². The Kier molecular flexibility index (Phi) is 7.69. The Morgan fingerprint density at radius 2 is 0.852 bits per heavy atom. The quantitative estimate of drug-likeness (QED) is 0.165. The molecule has 0 aliphatic rings. The summed E-state index contributed by atoms with van der Waals surface area (Å²) in [6, 6.07) is 59.6. The largest absolute Gasteiger partial charge is 0.436 e. The van der Waals surface area contributed by atoms with Crippen LogP contribution >= 0.6 is 0 Å². The van der Waals surface area contributed by atoms with Crippen LogP contribution in [-0.4, -0.2) is 19.9 Å². The predicted octanol–water partition coefficient (Wildman–Crippen LogP) is 12.4. The summed E-state index contributed by atoms with van der Waals surface area (Å²) < 4.78 is 12.1. The van der Waals surface area contributed by atoms with Crippen LogP contribution in [0, 0.1) is 0 Å². The van der Waals surface area contributed by atoms with Crippen LogP contribution < -0.4 is 0 Å². The van der Waals surface area contributed by atoms with Crippen LogP contribution in [0.5, 0.6) is 0 Å². The maximum absolute atomic E-state index is 6.06. The lowest BCUT2D eigenvalue weighted by molar-refractivity contribution is 0.619. The Morgan fingerprint density at radius 1 is 0.333 bits per heavy atom. The number of fused-ring (bicyclic) bond motifs is 2. The molecule has 10 aromatic rings. The van der Waals surface area contributed by atoms with Crippen molar-refractivity contribution in [1.82, 2.24) is 19.9 Å². The highest BCUT2D eigenvalue weighted by Gasteiger charge is 2.15. The third-order valence-electron chi connectivity index (χ3n) is 9.65. The van der Waals surface area contributed by atoms with Gasteiger partial charge in [-0.2, -0.15) is 0 Å². The van der Waals surface area contributed by atoms with Gasteiger partial charge in [0.2, 0.25) is 11.8 Å². The molecule has 254 valence electrons. The SMILES string of the molecule is c1ccc(-c2ccc(-c3ccc(-c4cccc(-c5nc6ccccc6o5)c4)cc3)c(-c3ccc(-c4cccc(-c5nc6ccccc6o5)c4)cc3)n2)nc1. The zero-order valence-corrected chi connectivity index (χ0v) is 28.9. The number of benzene rings is 6. The fraction of sp³-hybridized carbons (Fsp3) is 0. The average molecular weight is 695 g/mol. The second kappa shape index (κ2) is 13.3. The lowest BCUT2D eigenvalue weighted by atomic mass is 9.94. The van der Waals surface area contributed by atoms with Crippen LogP contribution in [0.2, 0.25) is 0 Å². The molecule has 0 radical (unpaired) electrons. The van der Waals surface area contributed by atoms with E-state index in [-0.39, 0.29) is 0 Å². The van der Waals surface area contributed by atoms with Gasteiger partial charge in [0.1, 0.15) is 11.0 Å². The number of pyridine rings is 2. The fourth-order valence-corrected chi connectivity index (χ4v) is 6.89. The van der Waals surface area contributed by atoms with E-state index < -0.39 is 0 Å². The molecule has 0 fully saturated rings. The maximum atomic E-state index is 6.06. The van der Waals surface area contributed by atoms with Gasteiger partial charge in [-0.15, -0.1) is 0 Å². The van der Waals surface area contributed by atoms with E-state index in [0.29, 0.717) is 11.8 Å². The van der Waals surface area contributed by atoms with Crippen molar-refractivity contribution in [2.45, 2.75) is 0 Å². The van der Waals surface area contributed by atoms with E-state index >= 15 is 0 Å². The average Bonchev–Trinajstić information content (AvgIpc) is 3.90. The van der Waals surface area contributed by atoms with E-state index in [9.17, 15) is 0 Å². The van der Waals surface area contributed by atoms with Crippen molar-refractivity contribution in [2.75, 3.05) is 0 Å². The summed E-state index contributed by atoms with van der Waals surface area (Å²) in [5.74, 6) is 1.22. The molecule has 6 heteroatoms. The Bertz CT molecular complexity index is 2860. The minimum Gasteiger partial charge on any atom is -0.436 e. The minimum atomic E-state index is 0.608. The van der Waals surface area contributed by atoms with Gasteiger partial charge >= 0.3 is 0 Å². The molecule has 0 aliphatic heterocycles. The van der Waals surface area contributed by atoms with Crippen molar-refractivity contribution in [3.05, 3.63) is 182 Å². The lowest BCUT2D eigenvalue weighted by Gasteiger charge is -2.13. The fourth-order valence-electron chi connectivity index (χ4n) is 6.89. The maximum Gasteiger partial charge on any atom is 0.227 e. The molecule has 0 saturated heterocycles. The van der Waals surface area contributed by atoms with E-state index in [1.165, 1.54) is 0 Å². The monoisotopic (exact) mass is 694 g/mol. The second-order valence-corrected chi connectivity index (χ2v) is 13.1. The molecule has 0 atom stereocenters. The van der Waals surface area contributed by atoms with Crippen LogP contribution in [0.3, 0.4) is 0 Å². The number of oxazole rings is 2. The molecule has 0 aliphatic carbocycles. The molecule has 0 N–H and O–H groups in total. The number of aromatic nitrogens is 4. The zero-order chi connectivity index (χ0) is 35.8. The number of rotatable bonds is 7. The normalized spacial score (nSPS) is 11.3. The van der Waals surface area contributed by atoms with Crippen LogP contribution in [-0.2, 0) is 0 Å². The van der Waals surface area contributed by atoms with E-state index in [2.05, 4.69) is 83.8 Å². The summed E-state index contributed by atoms with van der Waals surface area (Å²) >= 11 is 0. The first-order valence-electron chi connectivity index (χ1n) is 17.8.